The van der Waals surface area contributed by atoms with Crippen LogP contribution in [-0.4, -0.2) is 55.6 Å². The van der Waals surface area contributed by atoms with Crippen LogP contribution in [0, 0.1) is 5.92 Å². The number of hydrogen-bond acceptors (Lipinski definition) is 4. The number of hydrogen-bond donors (Lipinski definition) is 2. The molecular weight excluding hydrogens is 399 g/mol. The quantitative estimate of drug-likeness (QED) is 0.734. The largest absolute Gasteiger partial charge is 0.492 e. The van der Waals surface area contributed by atoms with Gasteiger partial charge in [-0.05, 0) is 43.1 Å². The van der Waals surface area contributed by atoms with Gasteiger partial charge in [0.05, 0.1) is 12.6 Å². The molecule has 0 radical (unpaired) electrons. The highest BCUT2D eigenvalue weighted by molar-refractivity contribution is 5.95. The minimum atomic E-state index is -2.81. The maximum absolute atomic E-state index is 13.1. The highest BCUT2D eigenvalue weighted by atomic mass is 35.5. The molecule has 2 aliphatic rings. The SMILES string of the molecule is CC1CCN(CCOc2ccc(NC(=O)C3CC(F)(F)CN3)cc2)C1.Cl.Cl. The van der Waals surface area contributed by atoms with Crippen molar-refractivity contribution in [2.45, 2.75) is 31.7 Å². The number of amides is 1. The summed E-state index contributed by atoms with van der Waals surface area (Å²) < 4.78 is 32.0. The van der Waals surface area contributed by atoms with Crippen LogP contribution in [0.2, 0.25) is 0 Å². The minimum Gasteiger partial charge on any atom is -0.492 e. The lowest BCUT2D eigenvalue weighted by molar-refractivity contribution is -0.118. The van der Waals surface area contributed by atoms with Gasteiger partial charge < -0.3 is 10.1 Å². The van der Waals surface area contributed by atoms with Gasteiger partial charge in [0.1, 0.15) is 12.4 Å². The summed E-state index contributed by atoms with van der Waals surface area (Å²) in [5.74, 6) is -1.76. The Balaban J connectivity index is 0.00000182. The second-order valence-electron chi connectivity index (χ2n) is 7.05. The van der Waals surface area contributed by atoms with Crippen molar-refractivity contribution in [3.05, 3.63) is 24.3 Å². The Kier molecular flexibility index (Phi) is 9.21. The first-order valence-electron chi connectivity index (χ1n) is 8.79. The van der Waals surface area contributed by atoms with E-state index >= 15 is 0 Å². The smallest absolute Gasteiger partial charge is 0.262 e. The second kappa shape index (κ2) is 10.4. The fraction of sp³-hybridized carbons (Fsp3) is 0.611. The van der Waals surface area contributed by atoms with Crippen LogP contribution in [0.15, 0.2) is 24.3 Å². The Bertz CT molecular complexity index is 605. The first kappa shape index (κ1) is 23.9. The van der Waals surface area contributed by atoms with E-state index in [1.54, 1.807) is 24.3 Å². The van der Waals surface area contributed by atoms with Crippen molar-refractivity contribution in [3.63, 3.8) is 0 Å². The Morgan fingerprint density at radius 2 is 2.04 bits per heavy atom. The van der Waals surface area contributed by atoms with E-state index in [4.69, 9.17) is 4.74 Å². The molecule has 0 spiro atoms. The predicted octanol–water partition coefficient (Wildman–Crippen LogP) is 3.19. The van der Waals surface area contributed by atoms with Crippen LogP contribution in [0.3, 0.4) is 0 Å². The highest BCUT2D eigenvalue weighted by Crippen LogP contribution is 2.26. The number of carbonyl (C=O) groups excluding carboxylic acids is 1. The molecule has 1 amide bonds. The van der Waals surface area contributed by atoms with Crippen molar-refractivity contribution in [1.82, 2.24) is 10.2 Å². The molecule has 3 rings (SSSR count). The third-order valence-electron chi connectivity index (χ3n) is 4.73. The molecule has 27 heavy (non-hydrogen) atoms. The van der Waals surface area contributed by atoms with E-state index in [0.717, 1.165) is 31.3 Å². The molecule has 2 N–H and O–H groups in total. The van der Waals surface area contributed by atoms with Gasteiger partial charge in [-0.25, -0.2) is 8.78 Å². The Morgan fingerprint density at radius 1 is 1.33 bits per heavy atom. The predicted molar refractivity (Wildman–Crippen MR) is 107 cm³/mol. The van der Waals surface area contributed by atoms with Gasteiger partial charge in [-0.1, -0.05) is 6.92 Å². The fourth-order valence-electron chi connectivity index (χ4n) is 3.29. The zero-order valence-corrected chi connectivity index (χ0v) is 16.9. The van der Waals surface area contributed by atoms with Crippen molar-refractivity contribution in [2.24, 2.45) is 5.92 Å². The normalized spacial score (nSPS) is 24.0. The van der Waals surface area contributed by atoms with Gasteiger partial charge in [-0.3, -0.25) is 15.0 Å². The monoisotopic (exact) mass is 425 g/mol. The third kappa shape index (κ3) is 7.07. The summed E-state index contributed by atoms with van der Waals surface area (Å²) in [4.78, 5) is 14.4. The summed E-state index contributed by atoms with van der Waals surface area (Å²) in [6.45, 7) is 5.60. The van der Waals surface area contributed by atoms with Gasteiger partial charge in [0, 0.05) is 25.2 Å². The van der Waals surface area contributed by atoms with Crippen LogP contribution in [0.4, 0.5) is 14.5 Å². The zero-order valence-electron chi connectivity index (χ0n) is 15.2. The van der Waals surface area contributed by atoms with Crippen molar-refractivity contribution >= 4 is 36.4 Å². The number of nitrogens with zero attached hydrogens (tertiary/aromatic N) is 1. The maximum Gasteiger partial charge on any atom is 0.262 e. The molecule has 1 aromatic rings. The molecule has 2 fully saturated rings. The summed E-state index contributed by atoms with van der Waals surface area (Å²) in [7, 11) is 0. The van der Waals surface area contributed by atoms with Crippen molar-refractivity contribution in [1.29, 1.82) is 0 Å². The third-order valence-corrected chi connectivity index (χ3v) is 4.73. The molecule has 2 unspecified atom stereocenters. The van der Waals surface area contributed by atoms with Crippen molar-refractivity contribution < 1.29 is 18.3 Å². The van der Waals surface area contributed by atoms with E-state index in [1.165, 1.54) is 6.42 Å². The molecule has 2 aliphatic heterocycles. The summed E-state index contributed by atoms with van der Waals surface area (Å²) in [6.07, 6.45) is 0.783. The average molecular weight is 426 g/mol. The van der Waals surface area contributed by atoms with E-state index in [-0.39, 0.29) is 24.8 Å². The standard InChI is InChI=1S/C18H25F2N3O2.2ClH/c1-13-6-7-23(11-13)8-9-25-15-4-2-14(3-5-15)22-17(24)16-10-18(19,20)12-21-16;;/h2-5,13,16,21H,6-12H2,1H3,(H,22,24);2*1H. The maximum atomic E-state index is 13.1. The number of halogens is 4. The van der Waals surface area contributed by atoms with Gasteiger partial charge in [0.15, 0.2) is 0 Å². The van der Waals surface area contributed by atoms with E-state index in [2.05, 4.69) is 22.5 Å². The zero-order chi connectivity index (χ0) is 17.9. The molecule has 2 saturated heterocycles. The van der Waals surface area contributed by atoms with Gasteiger partial charge in [-0.2, -0.15) is 0 Å². The van der Waals surface area contributed by atoms with E-state index < -0.39 is 30.8 Å². The number of rotatable bonds is 6. The summed E-state index contributed by atoms with van der Waals surface area (Å²) >= 11 is 0. The average Bonchev–Trinajstić information content (AvgIpc) is 3.14. The molecule has 0 bridgehead atoms. The topological polar surface area (TPSA) is 53.6 Å². The van der Waals surface area contributed by atoms with Crippen LogP contribution < -0.4 is 15.4 Å². The summed E-state index contributed by atoms with van der Waals surface area (Å²) in [5.41, 5.74) is 0.572. The van der Waals surface area contributed by atoms with Crippen molar-refractivity contribution in [2.75, 3.05) is 38.1 Å². The molecular formula is C18H27Cl2F2N3O2. The van der Waals surface area contributed by atoms with Gasteiger partial charge >= 0.3 is 0 Å². The molecule has 0 saturated carbocycles. The first-order valence-corrected chi connectivity index (χ1v) is 8.79. The van der Waals surface area contributed by atoms with Gasteiger partial charge in [-0.15, -0.1) is 24.8 Å². The van der Waals surface area contributed by atoms with E-state index in [1.807, 2.05) is 0 Å². The fourth-order valence-corrected chi connectivity index (χ4v) is 3.29. The number of anilines is 1. The molecule has 2 heterocycles. The van der Waals surface area contributed by atoms with Gasteiger partial charge in [0.25, 0.3) is 5.92 Å². The summed E-state index contributed by atoms with van der Waals surface area (Å²) in [5, 5.41) is 5.20. The highest BCUT2D eigenvalue weighted by Gasteiger charge is 2.42. The molecule has 9 heteroatoms. The number of likely N-dealkylation sites (tertiary alicyclic amines) is 1. The lowest BCUT2D eigenvalue weighted by Gasteiger charge is -2.16. The van der Waals surface area contributed by atoms with E-state index in [0.29, 0.717) is 12.3 Å². The van der Waals surface area contributed by atoms with Crippen LogP contribution in [-0.2, 0) is 4.79 Å². The van der Waals surface area contributed by atoms with Crippen molar-refractivity contribution in [3.8, 4) is 5.75 Å². The number of nitrogens with one attached hydrogen (secondary N) is 2. The van der Waals surface area contributed by atoms with Gasteiger partial charge in [0.2, 0.25) is 5.91 Å². The summed E-state index contributed by atoms with van der Waals surface area (Å²) in [6, 6.07) is 6.14. The molecule has 1 aromatic carbocycles. The lowest BCUT2D eigenvalue weighted by Crippen LogP contribution is -2.35. The first-order chi connectivity index (χ1) is 11.9. The number of carbonyl (C=O) groups is 1. The Morgan fingerprint density at radius 3 is 2.59 bits per heavy atom. The van der Waals surface area contributed by atoms with Crippen LogP contribution in [0.25, 0.3) is 0 Å². The Hall–Kier alpha value is -1.15. The van der Waals surface area contributed by atoms with Crippen LogP contribution in [0.1, 0.15) is 19.8 Å². The molecule has 0 aliphatic carbocycles. The number of alkyl halides is 2. The number of ether oxygens (including phenoxy) is 1. The lowest BCUT2D eigenvalue weighted by atomic mass is 10.2. The van der Waals surface area contributed by atoms with Crippen LogP contribution in [0.5, 0.6) is 5.75 Å². The Labute approximate surface area is 171 Å². The minimum absolute atomic E-state index is 0. The van der Waals surface area contributed by atoms with Crippen LogP contribution >= 0.6 is 24.8 Å². The molecule has 5 nitrogen and oxygen atoms in total. The van der Waals surface area contributed by atoms with E-state index in [9.17, 15) is 13.6 Å². The molecule has 2 atom stereocenters. The molecule has 154 valence electrons. The molecule has 0 aromatic heterocycles. The second-order valence-corrected chi connectivity index (χ2v) is 7.05. The number of benzene rings is 1.